The minimum Gasteiger partial charge on any atom is -0.486 e. The highest BCUT2D eigenvalue weighted by atomic mass is 19.1. The van der Waals surface area contributed by atoms with Gasteiger partial charge >= 0.3 is 5.97 Å². The number of ether oxygens (including phenoxy) is 2. The van der Waals surface area contributed by atoms with Crippen LogP contribution in [-0.2, 0) is 11.3 Å². The molecule has 4 aromatic rings. The lowest BCUT2D eigenvalue weighted by Gasteiger charge is -2.12. The number of hydrogen-bond donors (Lipinski definition) is 1. The molecule has 0 radical (unpaired) electrons. The van der Waals surface area contributed by atoms with Crippen LogP contribution in [0, 0.1) is 5.82 Å². The lowest BCUT2D eigenvalue weighted by atomic mass is 10.1. The van der Waals surface area contributed by atoms with E-state index in [0.29, 0.717) is 11.4 Å². The summed E-state index contributed by atoms with van der Waals surface area (Å²) in [5, 5.41) is 2.65. The third-order valence-electron chi connectivity index (χ3n) is 4.55. The standard InChI is InChI=1S/C23H18FN3O4/c1-30-23(29)18-12-15(9-10-19(18)24)26-22(28)17-6-2-3-7-20(17)31-14-16-13-27-11-5-4-8-21(27)25-16/h2-13H,14H2,1H3,(H,26,28). The molecule has 0 spiro atoms. The van der Waals surface area contributed by atoms with Crippen molar-refractivity contribution in [2.75, 3.05) is 12.4 Å². The van der Waals surface area contributed by atoms with Crippen molar-refractivity contribution in [2.24, 2.45) is 0 Å². The largest absolute Gasteiger partial charge is 0.486 e. The highest BCUT2D eigenvalue weighted by Crippen LogP contribution is 2.22. The summed E-state index contributed by atoms with van der Waals surface area (Å²) in [6, 6.07) is 16.1. The van der Waals surface area contributed by atoms with Crippen LogP contribution in [0.15, 0.2) is 73.1 Å². The summed E-state index contributed by atoms with van der Waals surface area (Å²) in [4.78, 5) is 29.0. The number of rotatable bonds is 6. The molecule has 0 unspecified atom stereocenters. The van der Waals surface area contributed by atoms with E-state index < -0.39 is 17.7 Å². The van der Waals surface area contributed by atoms with Gasteiger partial charge in [-0.05, 0) is 42.5 Å². The van der Waals surface area contributed by atoms with Crippen molar-refractivity contribution in [1.29, 1.82) is 0 Å². The number of halogens is 1. The molecule has 4 rings (SSSR count). The predicted molar refractivity (Wildman–Crippen MR) is 112 cm³/mol. The number of imidazole rings is 1. The van der Waals surface area contributed by atoms with Crippen molar-refractivity contribution in [3.05, 3.63) is 95.7 Å². The van der Waals surface area contributed by atoms with Gasteiger partial charge < -0.3 is 19.2 Å². The van der Waals surface area contributed by atoms with Crippen molar-refractivity contribution >= 4 is 23.2 Å². The van der Waals surface area contributed by atoms with E-state index in [-0.39, 0.29) is 23.4 Å². The molecule has 2 aromatic carbocycles. The molecular weight excluding hydrogens is 401 g/mol. The van der Waals surface area contributed by atoms with Gasteiger partial charge in [0, 0.05) is 18.1 Å². The second-order valence-electron chi connectivity index (χ2n) is 6.62. The first-order chi connectivity index (χ1) is 15.0. The summed E-state index contributed by atoms with van der Waals surface area (Å²) in [5.41, 5.74) is 1.78. The maximum absolute atomic E-state index is 13.8. The lowest BCUT2D eigenvalue weighted by molar-refractivity contribution is 0.0595. The number of pyridine rings is 1. The van der Waals surface area contributed by atoms with E-state index in [1.807, 2.05) is 35.0 Å². The van der Waals surface area contributed by atoms with Crippen LogP contribution in [0.3, 0.4) is 0 Å². The fraction of sp³-hybridized carbons (Fsp3) is 0.0870. The third-order valence-corrected chi connectivity index (χ3v) is 4.55. The number of esters is 1. The second-order valence-corrected chi connectivity index (χ2v) is 6.62. The molecule has 1 N–H and O–H groups in total. The molecule has 0 fully saturated rings. The third kappa shape index (κ3) is 4.37. The Balaban J connectivity index is 1.51. The average molecular weight is 419 g/mol. The number of methoxy groups -OCH3 is 1. The SMILES string of the molecule is COC(=O)c1cc(NC(=O)c2ccccc2OCc2cn3ccccc3n2)ccc1F. The smallest absolute Gasteiger partial charge is 0.340 e. The topological polar surface area (TPSA) is 81.9 Å². The molecule has 2 aromatic heterocycles. The molecule has 0 bridgehead atoms. The van der Waals surface area contributed by atoms with Gasteiger partial charge in [0.1, 0.15) is 23.8 Å². The van der Waals surface area contributed by atoms with E-state index >= 15 is 0 Å². The Hall–Kier alpha value is -4.20. The number of carbonyl (C=O) groups excluding carboxylic acids is 2. The number of nitrogens with one attached hydrogen (secondary N) is 1. The molecule has 0 saturated carbocycles. The van der Waals surface area contributed by atoms with Gasteiger partial charge in [0.05, 0.1) is 23.9 Å². The molecule has 31 heavy (non-hydrogen) atoms. The molecule has 1 amide bonds. The Bertz CT molecular complexity index is 1240. The van der Waals surface area contributed by atoms with Gasteiger partial charge in [-0.15, -0.1) is 0 Å². The summed E-state index contributed by atoms with van der Waals surface area (Å²) < 4.78 is 26.1. The maximum atomic E-state index is 13.8. The summed E-state index contributed by atoms with van der Waals surface area (Å²) in [6.07, 6.45) is 3.74. The molecule has 0 aliphatic carbocycles. The number of carbonyl (C=O) groups is 2. The molecule has 2 heterocycles. The van der Waals surface area contributed by atoms with Gasteiger partial charge in [0.2, 0.25) is 0 Å². The number of amides is 1. The number of nitrogens with zero attached hydrogens (tertiary/aromatic N) is 2. The highest BCUT2D eigenvalue weighted by molar-refractivity contribution is 6.06. The first-order valence-corrected chi connectivity index (χ1v) is 9.39. The van der Waals surface area contributed by atoms with Gasteiger partial charge in [0.25, 0.3) is 5.91 Å². The number of anilines is 1. The van der Waals surface area contributed by atoms with Gasteiger partial charge in [-0.1, -0.05) is 18.2 Å². The van der Waals surface area contributed by atoms with Crippen molar-refractivity contribution in [2.45, 2.75) is 6.61 Å². The second kappa shape index (κ2) is 8.66. The number of aromatic nitrogens is 2. The van der Waals surface area contributed by atoms with Crippen molar-refractivity contribution in [1.82, 2.24) is 9.38 Å². The molecule has 7 nitrogen and oxygen atoms in total. The molecule has 0 saturated heterocycles. The van der Waals surface area contributed by atoms with Crippen LogP contribution < -0.4 is 10.1 Å². The Morgan fingerprint density at radius 2 is 1.87 bits per heavy atom. The van der Waals surface area contributed by atoms with E-state index in [2.05, 4.69) is 15.0 Å². The van der Waals surface area contributed by atoms with Crippen LogP contribution in [0.2, 0.25) is 0 Å². The fourth-order valence-electron chi connectivity index (χ4n) is 3.06. The zero-order valence-corrected chi connectivity index (χ0v) is 16.5. The molecule has 8 heteroatoms. The summed E-state index contributed by atoms with van der Waals surface area (Å²) in [7, 11) is 1.16. The van der Waals surface area contributed by atoms with Crippen molar-refractivity contribution < 1.29 is 23.5 Å². The van der Waals surface area contributed by atoms with E-state index in [1.54, 1.807) is 24.3 Å². The Kier molecular flexibility index (Phi) is 5.61. The lowest BCUT2D eigenvalue weighted by Crippen LogP contribution is -2.14. The first-order valence-electron chi connectivity index (χ1n) is 9.39. The molecule has 0 aliphatic rings. The molecule has 156 valence electrons. The van der Waals surface area contributed by atoms with Crippen LogP contribution in [0.5, 0.6) is 5.75 Å². The number of fused-ring (bicyclic) bond motifs is 1. The van der Waals surface area contributed by atoms with Crippen LogP contribution >= 0.6 is 0 Å². The van der Waals surface area contributed by atoms with Gasteiger partial charge in [0.15, 0.2) is 0 Å². The van der Waals surface area contributed by atoms with E-state index in [0.717, 1.165) is 18.8 Å². The van der Waals surface area contributed by atoms with E-state index in [9.17, 15) is 14.0 Å². The molecular formula is C23H18FN3O4. The van der Waals surface area contributed by atoms with E-state index in [4.69, 9.17) is 4.74 Å². The summed E-state index contributed by atoms with van der Waals surface area (Å²) >= 11 is 0. The maximum Gasteiger partial charge on any atom is 0.340 e. The van der Waals surface area contributed by atoms with Gasteiger partial charge in [-0.3, -0.25) is 4.79 Å². The van der Waals surface area contributed by atoms with Gasteiger partial charge in [-0.2, -0.15) is 0 Å². The summed E-state index contributed by atoms with van der Waals surface area (Å²) in [6.45, 7) is 0.176. The Labute approximate surface area is 177 Å². The average Bonchev–Trinajstić information content (AvgIpc) is 3.21. The fourth-order valence-corrected chi connectivity index (χ4v) is 3.06. The van der Waals surface area contributed by atoms with Crippen molar-refractivity contribution in [3.8, 4) is 5.75 Å². The number of para-hydroxylation sites is 1. The number of hydrogen-bond acceptors (Lipinski definition) is 5. The highest BCUT2D eigenvalue weighted by Gasteiger charge is 2.16. The minimum atomic E-state index is -0.829. The monoisotopic (exact) mass is 419 g/mol. The number of benzene rings is 2. The van der Waals surface area contributed by atoms with Crippen LogP contribution in [-0.4, -0.2) is 28.4 Å². The summed E-state index contributed by atoms with van der Waals surface area (Å²) in [5.74, 6) is -1.66. The Morgan fingerprint density at radius 3 is 2.68 bits per heavy atom. The minimum absolute atomic E-state index is 0.176. The van der Waals surface area contributed by atoms with Crippen molar-refractivity contribution in [3.63, 3.8) is 0 Å². The van der Waals surface area contributed by atoms with E-state index in [1.165, 1.54) is 12.1 Å². The quantitative estimate of drug-likeness (QED) is 0.476. The van der Waals surface area contributed by atoms with Crippen LogP contribution in [0.25, 0.3) is 5.65 Å². The zero-order valence-electron chi connectivity index (χ0n) is 16.5. The predicted octanol–water partition coefficient (Wildman–Crippen LogP) is 4.09. The zero-order chi connectivity index (χ0) is 21.8. The van der Waals surface area contributed by atoms with Crippen LogP contribution in [0.1, 0.15) is 26.4 Å². The first kappa shape index (κ1) is 20.1. The molecule has 0 atom stereocenters. The Morgan fingerprint density at radius 1 is 1.06 bits per heavy atom. The molecule has 0 aliphatic heterocycles. The van der Waals surface area contributed by atoms with Crippen LogP contribution in [0.4, 0.5) is 10.1 Å². The normalized spacial score (nSPS) is 10.6. The van der Waals surface area contributed by atoms with Gasteiger partial charge in [-0.25, -0.2) is 14.2 Å².